The van der Waals surface area contributed by atoms with Crippen molar-refractivity contribution in [3.63, 3.8) is 0 Å². The average Bonchev–Trinajstić information content (AvgIpc) is 2.67. The molecule has 0 bridgehead atoms. The molecule has 0 radical (unpaired) electrons. The number of hydrazone groups is 1. The van der Waals surface area contributed by atoms with Crippen LogP contribution in [-0.2, 0) is 4.79 Å². The highest BCUT2D eigenvalue weighted by molar-refractivity contribution is 9.11. The lowest BCUT2D eigenvalue weighted by Crippen LogP contribution is -2.25. The number of carbonyl (C=O) groups excluding carboxylic acids is 1. The number of phenols is 1. The van der Waals surface area contributed by atoms with E-state index in [2.05, 4.69) is 56.2 Å². The van der Waals surface area contributed by atoms with Crippen molar-refractivity contribution in [2.75, 3.05) is 13.2 Å². The molecule has 0 spiro atoms. The maximum absolute atomic E-state index is 12.1. The summed E-state index contributed by atoms with van der Waals surface area (Å²) in [6.45, 7) is 8.19. The Morgan fingerprint density at radius 1 is 1.28 bits per heavy atom. The van der Waals surface area contributed by atoms with E-state index in [4.69, 9.17) is 9.47 Å². The Balaban J connectivity index is 2.02. The van der Waals surface area contributed by atoms with Crippen molar-refractivity contribution in [3.05, 3.63) is 49.9 Å². The van der Waals surface area contributed by atoms with Crippen LogP contribution in [0.1, 0.15) is 43.4 Å². The topological polar surface area (TPSA) is 80.2 Å². The minimum Gasteiger partial charge on any atom is -0.504 e. The zero-order valence-electron chi connectivity index (χ0n) is 16.8. The summed E-state index contributed by atoms with van der Waals surface area (Å²) >= 11 is 7.11. The number of ether oxygens (including phenoxy) is 2. The van der Waals surface area contributed by atoms with Gasteiger partial charge in [0.25, 0.3) is 5.91 Å². The predicted molar refractivity (Wildman–Crippen MR) is 121 cm³/mol. The fourth-order valence-electron chi connectivity index (χ4n) is 2.52. The van der Waals surface area contributed by atoms with Crippen LogP contribution in [0.15, 0.2) is 38.3 Å². The molecular weight excluding hydrogens is 504 g/mol. The molecule has 0 aliphatic carbocycles. The van der Waals surface area contributed by atoms with Crippen molar-refractivity contribution in [2.24, 2.45) is 5.10 Å². The second-order valence-corrected chi connectivity index (χ2v) is 8.26. The van der Waals surface area contributed by atoms with E-state index < -0.39 is 0 Å². The molecule has 156 valence electrons. The van der Waals surface area contributed by atoms with E-state index in [0.717, 1.165) is 20.1 Å². The number of hydrogen-bond acceptors (Lipinski definition) is 5. The largest absolute Gasteiger partial charge is 0.504 e. The minimum atomic E-state index is -0.382. The molecule has 2 N–H and O–H groups in total. The normalized spacial score (nSPS) is 11.1. The first-order valence-electron chi connectivity index (χ1n) is 9.13. The summed E-state index contributed by atoms with van der Waals surface area (Å²) in [4.78, 5) is 12.1. The number of phenolic OH excluding ortho intramolecular Hbond substituents is 1. The third-order valence-corrected chi connectivity index (χ3v) is 5.87. The molecule has 2 aromatic carbocycles. The van der Waals surface area contributed by atoms with Crippen molar-refractivity contribution in [1.82, 2.24) is 5.43 Å². The molecule has 1 amide bonds. The molecule has 6 nitrogen and oxygen atoms in total. The Bertz CT molecular complexity index is 914. The molecule has 0 unspecified atom stereocenters. The number of amides is 1. The molecule has 0 aromatic heterocycles. The highest BCUT2D eigenvalue weighted by Gasteiger charge is 2.17. The van der Waals surface area contributed by atoms with Crippen molar-refractivity contribution in [1.29, 1.82) is 0 Å². The van der Waals surface area contributed by atoms with Gasteiger partial charge < -0.3 is 14.6 Å². The maximum Gasteiger partial charge on any atom is 0.277 e. The van der Waals surface area contributed by atoms with Gasteiger partial charge in [-0.15, -0.1) is 0 Å². The monoisotopic (exact) mass is 526 g/mol. The maximum atomic E-state index is 12.1. The third kappa shape index (κ3) is 6.21. The van der Waals surface area contributed by atoms with Gasteiger partial charge in [-0.05, 0) is 76.7 Å². The summed E-state index contributed by atoms with van der Waals surface area (Å²) in [5, 5.41) is 13.7. The first kappa shape index (κ1) is 23.2. The molecule has 0 saturated carbocycles. The molecule has 0 aliphatic heterocycles. The van der Waals surface area contributed by atoms with Gasteiger partial charge in [0, 0.05) is 4.47 Å². The van der Waals surface area contributed by atoms with E-state index in [-0.39, 0.29) is 24.2 Å². The zero-order valence-corrected chi connectivity index (χ0v) is 19.9. The molecule has 29 heavy (non-hydrogen) atoms. The van der Waals surface area contributed by atoms with Gasteiger partial charge in [0.15, 0.2) is 18.1 Å². The van der Waals surface area contributed by atoms with Crippen LogP contribution in [0.2, 0.25) is 0 Å². The number of benzene rings is 2. The Morgan fingerprint density at radius 3 is 2.66 bits per heavy atom. The Kier molecular flexibility index (Phi) is 8.52. The fraction of sp³-hybridized carbons (Fsp3) is 0.333. The van der Waals surface area contributed by atoms with E-state index in [9.17, 15) is 9.90 Å². The van der Waals surface area contributed by atoms with E-state index in [1.54, 1.807) is 12.1 Å². The van der Waals surface area contributed by atoms with Crippen LogP contribution in [0.25, 0.3) is 0 Å². The second kappa shape index (κ2) is 10.6. The summed E-state index contributed by atoms with van der Waals surface area (Å²) < 4.78 is 12.9. The van der Waals surface area contributed by atoms with E-state index in [1.165, 1.54) is 12.3 Å². The van der Waals surface area contributed by atoms with Crippen LogP contribution < -0.4 is 14.9 Å². The Morgan fingerprint density at radius 2 is 2.00 bits per heavy atom. The van der Waals surface area contributed by atoms with E-state index in [0.29, 0.717) is 23.7 Å². The lowest BCUT2D eigenvalue weighted by Gasteiger charge is -2.18. The summed E-state index contributed by atoms with van der Waals surface area (Å²) in [6, 6.07) is 6.83. The van der Waals surface area contributed by atoms with Gasteiger partial charge in [0.1, 0.15) is 5.75 Å². The first-order valence-corrected chi connectivity index (χ1v) is 10.7. The van der Waals surface area contributed by atoms with Crippen molar-refractivity contribution in [2.45, 2.75) is 33.6 Å². The van der Waals surface area contributed by atoms with Crippen LogP contribution in [0.4, 0.5) is 0 Å². The quantitative estimate of drug-likeness (QED) is 0.361. The van der Waals surface area contributed by atoms with E-state index >= 15 is 0 Å². The van der Waals surface area contributed by atoms with Gasteiger partial charge in [-0.25, -0.2) is 5.43 Å². The van der Waals surface area contributed by atoms with Crippen LogP contribution in [0.5, 0.6) is 17.2 Å². The standard InChI is InChI=1S/C21H24Br2N2O4/c1-5-28-18-8-14(6-7-17(18)26)10-24-25-19(27)11-29-21-15(12(2)3)9-16(22)13(4)20(21)23/h6-10,12,26H,5,11H2,1-4H3,(H,25,27)/b24-10-. The summed E-state index contributed by atoms with van der Waals surface area (Å²) in [7, 11) is 0. The fourth-order valence-corrected chi connectivity index (χ4v) is 3.79. The van der Waals surface area contributed by atoms with Gasteiger partial charge in [-0.2, -0.15) is 5.10 Å². The number of nitrogens with one attached hydrogen (secondary N) is 1. The number of carbonyl (C=O) groups is 1. The molecule has 0 atom stereocenters. The van der Waals surface area contributed by atoms with Crippen molar-refractivity contribution < 1.29 is 19.4 Å². The Labute approximate surface area is 187 Å². The third-order valence-electron chi connectivity index (χ3n) is 4.09. The number of rotatable bonds is 8. The van der Waals surface area contributed by atoms with Gasteiger partial charge in [0.2, 0.25) is 0 Å². The first-order chi connectivity index (χ1) is 13.7. The van der Waals surface area contributed by atoms with Crippen LogP contribution >= 0.6 is 31.9 Å². The van der Waals surface area contributed by atoms with Gasteiger partial charge >= 0.3 is 0 Å². The van der Waals surface area contributed by atoms with Crippen molar-refractivity contribution in [3.8, 4) is 17.2 Å². The van der Waals surface area contributed by atoms with Gasteiger partial charge in [-0.3, -0.25) is 4.79 Å². The van der Waals surface area contributed by atoms with Gasteiger partial charge in [0.05, 0.1) is 17.3 Å². The van der Waals surface area contributed by atoms with Crippen LogP contribution in [0.3, 0.4) is 0 Å². The highest BCUT2D eigenvalue weighted by Crippen LogP contribution is 2.40. The number of halogens is 2. The van der Waals surface area contributed by atoms with Crippen LogP contribution in [0, 0.1) is 6.92 Å². The summed E-state index contributed by atoms with van der Waals surface area (Å²) in [6.07, 6.45) is 1.47. The molecule has 0 heterocycles. The highest BCUT2D eigenvalue weighted by atomic mass is 79.9. The molecule has 0 aliphatic rings. The zero-order chi connectivity index (χ0) is 21.6. The molecule has 0 fully saturated rings. The lowest BCUT2D eigenvalue weighted by atomic mass is 10.0. The minimum absolute atomic E-state index is 0.0535. The number of nitrogens with zero attached hydrogens (tertiary/aromatic N) is 1. The number of hydrogen-bond donors (Lipinski definition) is 2. The average molecular weight is 528 g/mol. The number of aromatic hydroxyl groups is 1. The smallest absolute Gasteiger partial charge is 0.277 e. The lowest BCUT2D eigenvalue weighted by molar-refractivity contribution is -0.123. The molecular formula is C21H24Br2N2O4. The van der Waals surface area contributed by atoms with E-state index in [1.807, 2.05) is 19.9 Å². The molecule has 2 rings (SSSR count). The summed E-state index contributed by atoms with van der Waals surface area (Å²) in [5.41, 5.74) is 5.12. The SMILES string of the molecule is CCOc1cc(/C=N\NC(=O)COc2c(C(C)C)cc(Br)c(C)c2Br)ccc1O. The second-order valence-electron chi connectivity index (χ2n) is 6.61. The molecule has 8 heteroatoms. The van der Waals surface area contributed by atoms with Crippen molar-refractivity contribution >= 4 is 44.0 Å². The predicted octanol–water partition coefficient (Wildman–Crippen LogP) is 5.28. The van der Waals surface area contributed by atoms with Gasteiger partial charge in [-0.1, -0.05) is 29.8 Å². The van der Waals surface area contributed by atoms with Crippen LogP contribution in [-0.4, -0.2) is 30.4 Å². The summed E-state index contributed by atoms with van der Waals surface area (Å²) in [5.74, 6) is 0.917. The molecule has 0 saturated heterocycles. The molecule has 2 aromatic rings. The Hall–Kier alpha value is -2.06.